The Balaban J connectivity index is 3.72. The van der Waals surface area contributed by atoms with Crippen molar-refractivity contribution in [1.82, 2.24) is 0 Å². The summed E-state index contributed by atoms with van der Waals surface area (Å²) in [6.07, 6.45) is -4.09. The summed E-state index contributed by atoms with van der Waals surface area (Å²) in [6, 6.07) is 0. The summed E-state index contributed by atoms with van der Waals surface area (Å²) < 4.78 is 44.8. The van der Waals surface area contributed by atoms with Crippen LogP contribution in [0, 0.1) is 0 Å². The van der Waals surface area contributed by atoms with Crippen molar-refractivity contribution in [2.24, 2.45) is 0 Å². The number of hydrogen-bond acceptors (Lipinski definition) is 3. The molecule has 0 aliphatic heterocycles. The Morgan fingerprint density at radius 1 is 1.53 bits per heavy atom. The molecule has 0 aromatic carbocycles. The molecule has 0 fully saturated rings. The fraction of sp³-hybridized carbons (Fsp3) is 0.625. The van der Waals surface area contributed by atoms with Gasteiger partial charge in [-0.25, -0.2) is 9.18 Å². The lowest BCUT2D eigenvalue weighted by Gasteiger charge is -2.16. The first kappa shape index (κ1) is 14.2. The minimum atomic E-state index is -4.09. The van der Waals surface area contributed by atoms with Gasteiger partial charge in [-0.2, -0.15) is 8.78 Å². The van der Waals surface area contributed by atoms with Crippen molar-refractivity contribution >= 4 is 17.6 Å². The Morgan fingerprint density at radius 3 is 2.47 bits per heavy atom. The van der Waals surface area contributed by atoms with E-state index in [1.165, 1.54) is 6.92 Å². The summed E-state index contributed by atoms with van der Waals surface area (Å²) in [4.78, 5) is 10.7. The van der Waals surface area contributed by atoms with E-state index >= 15 is 0 Å². The molecule has 0 spiro atoms. The highest BCUT2D eigenvalue weighted by Gasteiger charge is 2.40. The lowest BCUT2D eigenvalue weighted by Crippen LogP contribution is -2.31. The number of alkyl halides is 4. The summed E-state index contributed by atoms with van der Waals surface area (Å²) in [5, 5.41) is 0. The smallest absolute Gasteiger partial charge is 0.401 e. The van der Waals surface area contributed by atoms with Gasteiger partial charge in [0.15, 0.2) is 0 Å². The second-order valence-corrected chi connectivity index (χ2v) is 3.01. The molecule has 0 heterocycles. The zero-order valence-electron chi connectivity index (χ0n) is 7.94. The number of ether oxygens (including phenoxy) is 2. The van der Waals surface area contributed by atoms with Crippen LogP contribution in [0.2, 0.25) is 0 Å². The average molecular weight is 247 g/mol. The lowest BCUT2D eigenvalue weighted by molar-refractivity contribution is -0.259. The molecular formula is C8H10ClF3O3. The zero-order valence-corrected chi connectivity index (χ0v) is 8.69. The number of rotatable bonds is 6. The van der Waals surface area contributed by atoms with Gasteiger partial charge in [0.25, 0.3) is 5.63 Å². The van der Waals surface area contributed by atoms with E-state index in [0.29, 0.717) is 0 Å². The van der Waals surface area contributed by atoms with Crippen molar-refractivity contribution in [1.29, 1.82) is 0 Å². The molecule has 1 atom stereocenters. The molecule has 88 valence electrons. The number of hydrogen-bond donors (Lipinski definition) is 0. The van der Waals surface area contributed by atoms with Crippen molar-refractivity contribution in [2.45, 2.75) is 18.7 Å². The highest BCUT2D eigenvalue weighted by Crippen LogP contribution is 2.25. The van der Waals surface area contributed by atoms with Crippen LogP contribution in [-0.4, -0.2) is 30.9 Å². The molecule has 1 unspecified atom stereocenters. The fourth-order valence-electron chi connectivity index (χ4n) is 0.498. The standard InChI is InChI=1S/C8H10ClF3O3/c1-5(2)6(13)14-3-4-15-8(11,12)7(9)10/h7H,1,3-4H2,2H3. The second-order valence-electron chi connectivity index (χ2n) is 2.63. The van der Waals surface area contributed by atoms with Crippen LogP contribution < -0.4 is 0 Å². The van der Waals surface area contributed by atoms with E-state index in [9.17, 15) is 18.0 Å². The van der Waals surface area contributed by atoms with E-state index < -0.39 is 30.9 Å². The normalized spacial score (nSPS) is 13.4. The van der Waals surface area contributed by atoms with Crippen molar-refractivity contribution < 1.29 is 27.4 Å². The van der Waals surface area contributed by atoms with E-state index in [0.717, 1.165) is 0 Å². The molecule has 0 aliphatic carbocycles. The summed E-state index contributed by atoms with van der Waals surface area (Å²) >= 11 is 4.50. The first-order valence-electron chi connectivity index (χ1n) is 3.90. The molecule has 0 amide bonds. The molecule has 0 saturated carbocycles. The summed E-state index contributed by atoms with van der Waals surface area (Å²) in [6.45, 7) is 3.58. The van der Waals surface area contributed by atoms with Crippen LogP contribution in [0.25, 0.3) is 0 Å². The van der Waals surface area contributed by atoms with Gasteiger partial charge in [-0.3, -0.25) is 0 Å². The quantitative estimate of drug-likeness (QED) is 0.312. The van der Waals surface area contributed by atoms with Gasteiger partial charge in [-0.1, -0.05) is 18.2 Å². The molecule has 15 heavy (non-hydrogen) atoms. The van der Waals surface area contributed by atoms with Crippen molar-refractivity contribution in [3.8, 4) is 0 Å². The van der Waals surface area contributed by atoms with Gasteiger partial charge < -0.3 is 9.47 Å². The summed E-state index contributed by atoms with van der Waals surface area (Å²) in [5.74, 6) is -0.732. The topological polar surface area (TPSA) is 35.5 Å². The van der Waals surface area contributed by atoms with Gasteiger partial charge in [-0.05, 0) is 6.92 Å². The molecular weight excluding hydrogens is 237 g/mol. The van der Waals surface area contributed by atoms with Gasteiger partial charge >= 0.3 is 12.1 Å². The van der Waals surface area contributed by atoms with Gasteiger partial charge in [-0.15, -0.1) is 0 Å². The van der Waals surface area contributed by atoms with Crippen LogP contribution in [0.15, 0.2) is 12.2 Å². The monoisotopic (exact) mass is 246 g/mol. The van der Waals surface area contributed by atoms with Crippen molar-refractivity contribution in [3.05, 3.63) is 12.2 Å². The van der Waals surface area contributed by atoms with E-state index in [-0.39, 0.29) is 5.57 Å². The van der Waals surface area contributed by atoms with E-state index in [1.54, 1.807) is 0 Å². The number of esters is 1. The summed E-state index contributed by atoms with van der Waals surface area (Å²) in [5.41, 5.74) is -2.81. The predicted octanol–water partition coefficient (Wildman–Crippen LogP) is 2.25. The molecule has 7 heteroatoms. The van der Waals surface area contributed by atoms with Gasteiger partial charge in [0.1, 0.15) is 6.61 Å². The highest BCUT2D eigenvalue weighted by atomic mass is 35.5. The van der Waals surface area contributed by atoms with Crippen LogP contribution in [0.3, 0.4) is 0 Å². The van der Waals surface area contributed by atoms with Crippen LogP contribution >= 0.6 is 11.6 Å². The molecule has 0 rings (SSSR count). The van der Waals surface area contributed by atoms with Crippen molar-refractivity contribution in [2.75, 3.05) is 13.2 Å². The maximum Gasteiger partial charge on any atom is 0.401 e. The molecule has 3 nitrogen and oxygen atoms in total. The van der Waals surface area contributed by atoms with E-state index in [2.05, 4.69) is 27.7 Å². The van der Waals surface area contributed by atoms with Gasteiger partial charge in [0.2, 0.25) is 0 Å². The van der Waals surface area contributed by atoms with Gasteiger partial charge in [0, 0.05) is 5.57 Å². The first-order chi connectivity index (χ1) is 6.77. The molecule has 0 N–H and O–H groups in total. The highest BCUT2D eigenvalue weighted by molar-refractivity contribution is 6.20. The second kappa shape index (κ2) is 5.97. The molecule has 0 bridgehead atoms. The third-order valence-corrected chi connectivity index (χ3v) is 1.47. The Labute approximate surface area is 89.8 Å². The number of halogens is 4. The molecule has 0 aromatic heterocycles. The third kappa shape index (κ3) is 5.64. The van der Waals surface area contributed by atoms with Crippen LogP contribution in [0.4, 0.5) is 13.2 Å². The molecule has 0 saturated heterocycles. The fourth-order valence-corrected chi connectivity index (χ4v) is 0.561. The van der Waals surface area contributed by atoms with Crippen molar-refractivity contribution in [3.63, 3.8) is 0 Å². The van der Waals surface area contributed by atoms with E-state index in [4.69, 9.17) is 0 Å². The molecule has 0 aromatic rings. The number of carbonyl (C=O) groups excluding carboxylic acids is 1. The van der Waals surface area contributed by atoms with Crippen LogP contribution in [-0.2, 0) is 14.3 Å². The summed E-state index contributed by atoms with van der Waals surface area (Å²) in [7, 11) is 0. The van der Waals surface area contributed by atoms with Crippen LogP contribution in [0.1, 0.15) is 6.92 Å². The van der Waals surface area contributed by atoms with Gasteiger partial charge in [0.05, 0.1) is 6.61 Å². The minimum Gasteiger partial charge on any atom is -0.460 e. The maximum atomic E-state index is 12.3. The largest absolute Gasteiger partial charge is 0.460 e. The van der Waals surface area contributed by atoms with E-state index in [1.807, 2.05) is 0 Å². The minimum absolute atomic E-state index is 0.127. The lowest BCUT2D eigenvalue weighted by atomic mass is 10.4. The Bertz CT molecular complexity index is 243. The number of carbonyl (C=O) groups is 1. The molecule has 0 radical (unpaired) electrons. The third-order valence-electron chi connectivity index (χ3n) is 1.21. The maximum absolute atomic E-state index is 12.3. The zero-order chi connectivity index (χ0) is 12.1. The Hall–Kier alpha value is -0.750. The Morgan fingerprint density at radius 2 is 2.07 bits per heavy atom. The SMILES string of the molecule is C=C(C)C(=O)OCCOC(F)(F)C(F)Cl. The Kier molecular flexibility index (Phi) is 5.67. The molecule has 0 aliphatic rings. The first-order valence-corrected chi connectivity index (χ1v) is 4.33. The predicted molar refractivity (Wildman–Crippen MR) is 47.4 cm³/mol. The average Bonchev–Trinajstić information content (AvgIpc) is 2.11. The van der Waals surface area contributed by atoms with Crippen LogP contribution in [0.5, 0.6) is 0 Å².